The topological polar surface area (TPSA) is 38.1 Å². The minimum absolute atomic E-state index is 0.0529. The first kappa shape index (κ1) is 11.2. The Morgan fingerprint density at radius 2 is 2.13 bits per heavy atom. The third kappa shape index (κ3) is 2.80. The maximum Gasteiger partial charge on any atom is 0.257 e. The lowest BCUT2D eigenvalue weighted by Crippen LogP contribution is -2.31. The molecule has 1 rings (SSSR count). The summed E-state index contributed by atoms with van der Waals surface area (Å²) in [6.45, 7) is 8.26. The molecule has 0 bridgehead atoms. The molecule has 1 aromatic heterocycles. The van der Waals surface area contributed by atoms with E-state index in [4.69, 9.17) is 0 Å². The summed E-state index contributed by atoms with van der Waals surface area (Å²) in [4.78, 5) is 13.6. The van der Waals surface area contributed by atoms with Gasteiger partial charge in [0.1, 0.15) is 0 Å². The number of carbonyl (C=O) groups is 1. The molecule has 1 aromatic rings. The summed E-state index contributed by atoms with van der Waals surface area (Å²) in [5.74, 6) is -0.0529. The van der Waals surface area contributed by atoms with Crippen molar-refractivity contribution < 1.29 is 4.79 Å². The number of aryl methyl sites for hydroxylation is 1. The lowest BCUT2D eigenvalue weighted by Gasteiger charge is -2.17. The van der Waals surface area contributed by atoms with E-state index in [0.29, 0.717) is 18.7 Å². The summed E-state index contributed by atoms with van der Waals surface area (Å²) in [6, 6.07) is 0. The number of nitrogens with zero attached hydrogens (tertiary/aromatic N) is 3. The van der Waals surface area contributed by atoms with E-state index in [1.165, 1.54) is 0 Å². The van der Waals surface area contributed by atoms with Gasteiger partial charge in [-0.1, -0.05) is 12.2 Å². The Morgan fingerprint density at radius 3 is 2.53 bits per heavy atom. The second-order valence-electron chi connectivity index (χ2n) is 3.19. The zero-order valence-corrected chi connectivity index (χ0v) is 8.89. The Hall–Kier alpha value is -1.84. The van der Waals surface area contributed by atoms with Crippen molar-refractivity contribution in [3.8, 4) is 0 Å². The van der Waals surface area contributed by atoms with Gasteiger partial charge in [-0.2, -0.15) is 5.10 Å². The quantitative estimate of drug-likeness (QED) is 0.678. The highest BCUT2D eigenvalue weighted by atomic mass is 16.2. The van der Waals surface area contributed by atoms with E-state index in [1.54, 1.807) is 41.2 Å². The Kier molecular flexibility index (Phi) is 3.85. The van der Waals surface area contributed by atoms with Crippen LogP contribution in [0.25, 0.3) is 0 Å². The van der Waals surface area contributed by atoms with E-state index in [2.05, 4.69) is 18.3 Å². The molecule has 0 fully saturated rings. The first-order chi connectivity index (χ1) is 7.19. The number of amides is 1. The van der Waals surface area contributed by atoms with Crippen LogP contribution < -0.4 is 0 Å². The van der Waals surface area contributed by atoms with Crippen LogP contribution in [0, 0.1) is 0 Å². The zero-order chi connectivity index (χ0) is 11.3. The molecule has 0 aliphatic rings. The van der Waals surface area contributed by atoms with Crippen molar-refractivity contribution in [2.24, 2.45) is 7.05 Å². The van der Waals surface area contributed by atoms with Gasteiger partial charge in [0.15, 0.2) is 0 Å². The van der Waals surface area contributed by atoms with E-state index in [0.717, 1.165) is 0 Å². The van der Waals surface area contributed by atoms with Crippen LogP contribution in [0.5, 0.6) is 0 Å². The first-order valence-electron chi connectivity index (χ1n) is 4.68. The number of hydrogen-bond acceptors (Lipinski definition) is 2. The highest BCUT2D eigenvalue weighted by Crippen LogP contribution is 2.03. The van der Waals surface area contributed by atoms with Crippen molar-refractivity contribution in [3.63, 3.8) is 0 Å². The fourth-order valence-electron chi connectivity index (χ4n) is 1.27. The van der Waals surface area contributed by atoms with Crippen molar-refractivity contribution in [2.75, 3.05) is 13.1 Å². The van der Waals surface area contributed by atoms with Crippen LogP contribution in [0.4, 0.5) is 0 Å². The first-order valence-corrected chi connectivity index (χ1v) is 4.68. The van der Waals surface area contributed by atoms with Crippen molar-refractivity contribution in [3.05, 3.63) is 43.3 Å². The van der Waals surface area contributed by atoms with Crippen LogP contribution in [0.3, 0.4) is 0 Å². The van der Waals surface area contributed by atoms with Crippen molar-refractivity contribution in [1.29, 1.82) is 0 Å². The summed E-state index contributed by atoms with van der Waals surface area (Å²) in [5.41, 5.74) is 0.584. The molecule has 1 amide bonds. The van der Waals surface area contributed by atoms with Gasteiger partial charge in [0.25, 0.3) is 5.91 Å². The number of carbonyl (C=O) groups excluding carboxylic acids is 1. The lowest BCUT2D eigenvalue weighted by molar-refractivity contribution is 0.0791. The molecule has 0 atom stereocenters. The fraction of sp³-hybridized carbons (Fsp3) is 0.273. The van der Waals surface area contributed by atoms with Crippen LogP contribution in [0.2, 0.25) is 0 Å². The zero-order valence-electron chi connectivity index (χ0n) is 8.89. The van der Waals surface area contributed by atoms with Gasteiger partial charge >= 0.3 is 0 Å². The summed E-state index contributed by atoms with van der Waals surface area (Å²) in [5, 5.41) is 3.96. The molecule has 15 heavy (non-hydrogen) atoms. The van der Waals surface area contributed by atoms with E-state index in [1.807, 2.05) is 0 Å². The predicted molar refractivity (Wildman–Crippen MR) is 59.5 cm³/mol. The minimum atomic E-state index is -0.0529. The van der Waals surface area contributed by atoms with Crippen molar-refractivity contribution in [1.82, 2.24) is 14.7 Å². The molecule has 80 valence electrons. The van der Waals surface area contributed by atoms with Crippen LogP contribution in [0.15, 0.2) is 37.7 Å². The van der Waals surface area contributed by atoms with Crippen LogP contribution in [0.1, 0.15) is 10.4 Å². The Labute approximate surface area is 89.5 Å². The average molecular weight is 205 g/mol. The summed E-state index contributed by atoms with van der Waals surface area (Å²) >= 11 is 0. The van der Waals surface area contributed by atoms with E-state index >= 15 is 0 Å². The van der Waals surface area contributed by atoms with Gasteiger partial charge < -0.3 is 4.90 Å². The van der Waals surface area contributed by atoms with Crippen molar-refractivity contribution >= 4 is 5.91 Å². The lowest BCUT2D eigenvalue weighted by atomic mass is 10.3. The van der Waals surface area contributed by atoms with E-state index < -0.39 is 0 Å². The molecule has 0 aromatic carbocycles. The normalized spacial score (nSPS) is 9.67. The molecule has 0 aliphatic carbocycles. The van der Waals surface area contributed by atoms with Crippen LogP contribution >= 0.6 is 0 Å². The van der Waals surface area contributed by atoms with Gasteiger partial charge in [0.05, 0.1) is 11.8 Å². The maximum atomic E-state index is 11.9. The summed E-state index contributed by atoms with van der Waals surface area (Å²) in [6.07, 6.45) is 6.64. The second-order valence-corrected chi connectivity index (χ2v) is 3.19. The molecular weight excluding hydrogens is 190 g/mol. The highest BCUT2D eigenvalue weighted by molar-refractivity contribution is 5.93. The highest BCUT2D eigenvalue weighted by Gasteiger charge is 2.14. The summed E-state index contributed by atoms with van der Waals surface area (Å²) < 4.78 is 1.60. The fourth-order valence-corrected chi connectivity index (χ4v) is 1.27. The molecule has 0 radical (unpaired) electrons. The summed E-state index contributed by atoms with van der Waals surface area (Å²) in [7, 11) is 1.78. The maximum absolute atomic E-state index is 11.9. The standard InChI is InChI=1S/C11H15N3O/c1-4-6-14(7-5-2)11(15)10-8-12-13(3)9-10/h4-5,8-9H,1-2,6-7H2,3H3. The Morgan fingerprint density at radius 1 is 1.53 bits per heavy atom. The van der Waals surface area contributed by atoms with Crippen LogP contribution in [-0.4, -0.2) is 33.7 Å². The molecule has 0 saturated carbocycles. The van der Waals surface area contributed by atoms with E-state index in [-0.39, 0.29) is 5.91 Å². The van der Waals surface area contributed by atoms with Crippen LogP contribution in [-0.2, 0) is 7.05 Å². The van der Waals surface area contributed by atoms with Gasteiger partial charge in [-0.3, -0.25) is 9.48 Å². The number of hydrogen-bond donors (Lipinski definition) is 0. The number of aromatic nitrogens is 2. The monoisotopic (exact) mass is 205 g/mol. The molecule has 1 heterocycles. The minimum Gasteiger partial charge on any atom is -0.331 e. The van der Waals surface area contributed by atoms with Gasteiger partial charge in [-0.25, -0.2) is 0 Å². The molecule has 4 heteroatoms. The molecule has 0 unspecified atom stereocenters. The van der Waals surface area contributed by atoms with E-state index in [9.17, 15) is 4.79 Å². The molecule has 0 aliphatic heterocycles. The Bertz CT molecular complexity index is 358. The van der Waals surface area contributed by atoms with Crippen molar-refractivity contribution in [2.45, 2.75) is 0 Å². The third-order valence-electron chi connectivity index (χ3n) is 1.94. The molecule has 0 spiro atoms. The average Bonchev–Trinajstić information content (AvgIpc) is 2.63. The SMILES string of the molecule is C=CCN(CC=C)C(=O)c1cnn(C)c1. The largest absolute Gasteiger partial charge is 0.331 e. The second kappa shape index (κ2) is 5.14. The molecule has 0 N–H and O–H groups in total. The van der Waals surface area contributed by atoms with Gasteiger partial charge in [-0.15, -0.1) is 13.2 Å². The molecular formula is C11H15N3O. The molecule has 4 nitrogen and oxygen atoms in total. The number of rotatable bonds is 5. The van der Waals surface area contributed by atoms with Gasteiger partial charge in [-0.05, 0) is 0 Å². The van der Waals surface area contributed by atoms with Gasteiger partial charge in [0, 0.05) is 26.3 Å². The van der Waals surface area contributed by atoms with Gasteiger partial charge in [0.2, 0.25) is 0 Å². The third-order valence-corrected chi connectivity index (χ3v) is 1.94. The Balaban J connectivity index is 2.79. The smallest absolute Gasteiger partial charge is 0.257 e. The predicted octanol–water partition coefficient (Wildman–Crippen LogP) is 1.23. The molecule has 0 saturated heterocycles.